The standard InChI is InChI=1S/C12H9BrF2N2O3/c1-2-3-9(11(18)19)16-12(20)17-10-7(14)4-6(13)5-8(10)15/h1,4-5,9H,3H2,(H,18,19)(H2,16,17,20). The molecule has 1 rings (SSSR count). The van der Waals surface area contributed by atoms with Crippen molar-refractivity contribution in [2.24, 2.45) is 0 Å². The Kier molecular flexibility index (Phi) is 5.46. The minimum absolute atomic E-state index is 0.161. The molecule has 1 aromatic rings. The highest BCUT2D eigenvalue weighted by Crippen LogP contribution is 2.23. The van der Waals surface area contributed by atoms with Crippen molar-refractivity contribution in [3.8, 4) is 12.3 Å². The molecule has 2 amide bonds. The number of hydrogen-bond acceptors (Lipinski definition) is 2. The summed E-state index contributed by atoms with van der Waals surface area (Å²) in [5, 5.41) is 12.7. The Labute approximate surface area is 121 Å². The average Bonchev–Trinajstić information content (AvgIpc) is 2.33. The second kappa shape index (κ2) is 6.86. The molecule has 0 aromatic heterocycles. The fraction of sp³-hybridized carbons (Fsp3) is 0.167. The summed E-state index contributed by atoms with van der Waals surface area (Å²) in [6, 6.07) is -0.516. The number of nitrogens with one attached hydrogen (secondary N) is 2. The van der Waals surface area contributed by atoms with E-state index in [-0.39, 0.29) is 10.9 Å². The Morgan fingerprint density at radius 3 is 2.40 bits per heavy atom. The third-order valence-electron chi connectivity index (χ3n) is 2.17. The molecule has 1 aromatic carbocycles. The van der Waals surface area contributed by atoms with E-state index in [2.05, 4.69) is 21.9 Å². The number of hydrogen-bond donors (Lipinski definition) is 3. The highest BCUT2D eigenvalue weighted by Gasteiger charge is 2.20. The molecule has 0 saturated heterocycles. The normalized spacial score (nSPS) is 11.3. The van der Waals surface area contributed by atoms with E-state index in [0.29, 0.717) is 0 Å². The first-order chi connectivity index (χ1) is 9.35. The van der Waals surface area contributed by atoms with E-state index in [9.17, 15) is 18.4 Å². The maximum atomic E-state index is 13.5. The van der Waals surface area contributed by atoms with Gasteiger partial charge in [0.2, 0.25) is 0 Å². The van der Waals surface area contributed by atoms with E-state index >= 15 is 0 Å². The summed E-state index contributed by atoms with van der Waals surface area (Å²) >= 11 is 2.89. The van der Waals surface area contributed by atoms with Crippen LogP contribution in [0.5, 0.6) is 0 Å². The van der Waals surface area contributed by atoms with Gasteiger partial charge in [-0.3, -0.25) is 0 Å². The second-order valence-electron chi connectivity index (χ2n) is 3.64. The zero-order valence-electron chi connectivity index (χ0n) is 9.91. The smallest absolute Gasteiger partial charge is 0.327 e. The Morgan fingerprint density at radius 1 is 1.40 bits per heavy atom. The molecule has 5 nitrogen and oxygen atoms in total. The molecule has 0 aliphatic rings. The van der Waals surface area contributed by atoms with Gasteiger partial charge in [-0.1, -0.05) is 15.9 Å². The van der Waals surface area contributed by atoms with Gasteiger partial charge in [0.1, 0.15) is 11.7 Å². The molecule has 8 heteroatoms. The number of carboxylic acid groups (broad SMARTS) is 1. The minimum Gasteiger partial charge on any atom is -0.480 e. The SMILES string of the molecule is C#CCC(NC(=O)Nc1c(F)cc(Br)cc1F)C(=O)O. The van der Waals surface area contributed by atoms with Crippen LogP contribution in [0.2, 0.25) is 0 Å². The maximum absolute atomic E-state index is 13.5. The Morgan fingerprint density at radius 2 is 1.95 bits per heavy atom. The summed E-state index contributed by atoms with van der Waals surface area (Å²) in [6.07, 6.45) is 4.69. The second-order valence-corrected chi connectivity index (χ2v) is 4.56. The van der Waals surface area contributed by atoms with Crippen LogP contribution in [0.25, 0.3) is 0 Å². The third kappa shape index (κ3) is 4.20. The molecule has 1 atom stereocenters. The van der Waals surface area contributed by atoms with Gasteiger partial charge < -0.3 is 15.7 Å². The maximum Gasteiger partial charge on any atom is 0.327 e. The molecule has 0 aliphatic carbocycles. The molecule has 20 heavy (non-hydrogen) atoms. The number of amides is 2. The van der Waals surface area contributed by atoms with E-state index in [1.54, 1.807) is 0 Å². The van der Waals surface area contributed by atoms with Crippen LogP contribution in [0.3, 0.4) is 0 Å². The molecule has 0 radical (unpaired) electrons. The van der Waals surface area contributed by atoms with Crippen molar-refractivity contribution in [3.05, 3.63) is 28.2 Å². The van der Waals surface area contributed by atoms with Gasteiger partial charge in [0, 0.05) is 10.9 Å². The van der Waals surface area contributed by atoms with Gasteiger partial charge in [0.25, 0.3) is 0 Å². The number of urea groups is 1. The molecule has 0 bridgehead atoms. The van der Waals surface area contributed by atoms with Crippen molar-refractivity contribution in [1.82, 2.24) is 5.32 Å². The van der Waals surface area contributed by atoms with E-state index in [0.717, 1.165) is 12.1 Å². The molecular weight excluding hydrogens is 338 g/mol. The minimum atomic E-state index is -1.35. The van der Waals surface area contributed by atoms with Crippen molar-refractivity contribution in [3.63, 3.8) is 0 Å². The molecule has 0 saturated carbocycles. The summed E-state index contributed by atoms with van der Waals surface area (Å²) in [4.78, 5) is 22.3. The highest BCUT2D eigenvalue weighted by atomic mass is 79.9. The highest BCUT2D eigenvalue weighted by molar-refractivity contribution is 9.10. The molecule has 0 spiro atoms. The molecule has 3 N–H and O–H groups in total. The van der Waals surface area contributed by atoms with Crippen molar-refractivity contribution < 1.29 is 23.5 Å². The number of benzene rings is 1. The summed E-state index contributed by atoms with van der Waals surface area (Å²) in [5.74, 6) is -1.29. The van der Waals surface area contributed by atoms with Crippen molar-refractivity contribution in [1.29, 1.82) is 0 Å². The van der Waals surface area contributed by atoms with Crippen LogP contribution >= 0.6 is 15.9 Å². The molecule has 0 heterocycles. The fourth-order valence-electron chi connectivity index (χ4n) is 1.29. The first-order valence-corrected chi connectivity index (χ1v) is 6.02. The Hall–Kier alpha value is -2.14. The summed E-state index contributed by atoms with van der Waals surface area (Å²) in [5.41, 5.74) is -0.685. The first kappa shape index (κ1) is 15.9. The lowest BCUT2D eigenvalue weighted by atomic mass is 10.2. The number of carbonyl (C=O) groups is 2. The number of halogens is 3. The summed E-state index contributed by atoms with van der Waals surface area (Å²) < 4.78 is 27.1. The van der Waals surface area contributed by atoms with E-state index in [1.165, 1.54) is 0 Å². The quantitative estimate of drug-likeness (QED) is 0.732. The van der Waals surface area contributed by atoms with Crippen LogP contribution < -0.4 is 10.6 Å². The zero-order chi connectivity index (χ0) is 15.3. The summed E-state index contributed by atoms with van der Waals surface area (Å²) in [7, 11) is 0. The predicted molar refractivity (Wildman–Crippen MR) is 71.1 cm³/mol. The van der Waals surface area contributed by atoms with Gasteiger partial charge in [-0.05, 0) is 12.1 Å². The molecule has 0 aliphatic heterocycles. The molecule has 0 fully saturated rings. The van der Waals surface area contributed by atoms with Crippen molar-refractivity contribution in [2.75, 3.05) is 5.32 Å². The number of carbonyl (C=O) groups excluding carboxylic acids is 1. The monoisotopic (exact) mass is 346 g/mol. The van der Waals surface area contributed by atoms with E-state index in [1.807, 2.05) is 10.6 Å². The third-order valence-corrected chi connectivity index (χ3v) is 2.63. The number of terminal acetylenes is 1. The topological polar surface area (TPSA) is 78.4 Å². The van der Waals surface area contributed by atoms with Crippen molar-refractivity contribution >= 4 is 33.6 Å². The van der Waals surface area contributed by atoms with Crippen LogP contribution in [0.15, 0.2) is 16.6 Å². The van der Waals surface area contributed by atoms with Crippen LogP contribution in [0.4, 0.5) is 19.3 Å². The number of rotatable bonds is 4. The van der Waals surface area contributed by atoms with E-state index in [4.69, 9.17) is 11.5 Å². The van der Waals surface area contributed by atoms with Crippen molar-refractivity contribution in [2.45, 2.75) is 12.5 Å². The lowest BCUT2D eigenvalue weighted by Gasteiger charge is -2.13. The van der Waals surface area contributed by atoms with Gasteiger partial charge in [-0.25, -0.2) is 18.4 Å². The molecular formula is C12H9BrF2N2O3. The van der Waals surface area contributed by atoms with Gasteiger partial charge >= 0.3 is 12.0 Å². The van der Waals surface area contributed by atoms with Gasteiger partial charge in [0.15, 0.2) is 11.6 Å². The van der Waals surface area contributed by atoms with Gasteiger partial charge in [-0.2, -0.15) is 0 Å². The summed E-state index contributed by atoms with van der Waals surface area (Å²) in [6.45, 7) is 0. The van der Waals surface area contributed by atoms with Crippen LogP contribution in [-0.4, -0.2) is 23.1 Å². The Balaban J connectivity index is 2.81. The lowest BCUT2D eigenvalue weighted by Crippen LogP contribution is -2.43. The van der Waals surface area contributed by atoms with Gasteiger partial charge in [-0.15, -0.1) is 12.3 Å². The number of carboxylic acids is 1. The lowest BCUT2D eigenvalue weighted by molar-refractivity contribution is -0.139. The largest absolute Gasteiger partial charge is 0.480 e. The molecule has 1 unspecified atom stereocenters. The molecule has 106 valence electrons. The van der Waals surface area contributed by atoms with Crippen LogP contribution in [-0.2, 0) is 4.79 Å². The first-order valence-electron chi connectivity index (χ1n) is 5.23. The fourth-order valence-corrected chi connectivity index (χ4v) is 1.69. The predicted octanol–water partition coefficient (Wildman–Crippen LogP) is 2.33. The zero-order valence-corrected chi connectivity index (χ0v) is 11.5. The number of aliphatic carboxylic acids is 1. The van der Waals surface area contributed by atoms with Gasteiger partial charge in [0.05, 0.1) is 0 Å². The van der Waals surface area contributed by atoms with E-state index < -0.39 is 35.4 Å². The average molecular weight is 347 g/mol. The Bertz CT molecular complexity index is 564. The van der Waals surface area contributed by atoms with Crippen LogP contribution in [0.1, 0.15) is 6.42 Å². The van der Waals surface area contributed by atoms with Crippen LogP contribution in [0, 0.1) is 24.0 Å². The number of anilines is 1.